The summed E-state index contributed by atoms with van der Waals surface area (Å²) in [5.74, 6) is -0.763. The zero-order chi connectivity index (χ0) is 12.4. The van der Waals surface area contributed by atoms with Crippen LogP contribution in [0.5, 0.6) is 0 Å². The molecule has 1 aliphatic rings. The fraction of sp³-hybridized carbons (Fsp3) is 0.462. The largest absolute Gasteiger partial charge is 0.480 e. The van der Waals surface area contributed by atoms with Crippen molar-refractivity contribution in [2.45, 2.75) is 38.4 Å². The second-order valence-electron chi connectivity index (χ2n) is 4.66. The first kappa shape index (κ1) is 11.9. The van der Waals surface area contributed by atoms with Crippen LogP contribution in [0.15, 0.2) is 24.3 Å². The third-order valence-electron chi connectivity index (χ3n) is 3.19. The smallest absolute Gasteiger partial charge is 0.320 e. The molecular formula is C13H18N2O2. The van der Waals surface area contributed by atoms with E-state index in [2.05, 4.69) is 0 Å². The number of nitrogen functional groups attached to an aromatic ring is 1. The third kappa shape index (κ3) is 2.97. The van der Waals surface area contributed by atoms with Gasteiger partial charge < -0.3 is 10.8 Å². The van der Waals surface area contributed by atoms with Crippen LogP contribution in [0.2, 0.25) is 0 Å². The topological polar surface area (TPSA) is 66.6 Å². The van der Waals surface area contributed by atoms with Crippen molar-refractivity contribution in [3.05, 3.63) is 29.8 Å². The van der Waals surface area contributed by atoms with Crippen LogP contribution in [0.4, 0.5) is 5.69 Å². The van der Waals surface area contributed by atoms with Gasteiger partial charge in [0.2, 0.25) is 0 Å². The molecule has 1 saturated carbocycles. The Kier molecular flexibility index (Phi) is 3.33. The van der Waals surface area contributed by atoms with Crippen LogP contribution in [0.3, 0.4) is 0 Å². The molecule has 0 aromatic heterocycles. The van der Waals surface area contributed by atoms with Crippen LogP contribution in [0.25, 0.3) is 0 Å². The molecule has 3 N–H and O–H groups in total. The average Bonchev–Trinajstić information content (AvgIpc) is 3.09. The molecule has 1 fully saturated rings. The number of nitrogens with two attached hydrogens (primary N) is 1. The highest BCUT2D eigenvalue weighted by Crippen LogP contribution is 2.30. The lowest BCUT2D eigenvalue weighted by atomic mass is 10.1. The monoisotopic (exact) mass is 234 g/mol. The molecule has 1 atom stereocenters. The number of anilines is 1. The lowest BCUT2D eigenvalue weighted by Crippen LogP contribution is -2.40. The minimum absolute atomic E-state index is 0.419. The average molecular weight is 234 g/mol. The maximum absolute atomic E-state index is 11.1. The first-order valence-electron chi connectivity index (χ1n) is 5.91. The number of rotatable bonds is 5. The van der Waals surface area contributed by atoms with Gasteiger partial charge in [0.1, 0.15) is 6.04 Å². The minimum Gasteiger partial charge on any atom is -0.480 e. The van der Waals surface area contributed by atoms with Crippen molar-refractivity contribution in [2.75, 3.05) is 5.73 Å². The van der Waals surface area contributed by atoms with Crippen LogP contribution in [-0.2, 0) is 11.3 Å². The van der Waals surface area contributed by atoms with Gasteiger partial charge in [0.05, 0.1) is 0 Å². The summed E-state index contributed by atoms with van der Waals surface area (Å²) in [6.07, 6.45) is 2.19. The highest BCUT2D eigenvalue weighted by molar-refractivity contribution is 5.73. The molecule has 1 aromatic rings. The zero-order valence-electron chi connectivity index (χ0n) is 9.97. The van der Waals surface area contributed by atoms with Gasteiger partial charge in [0, 0.05) is 18.3 Å². The van der Waals surface area contributed by atoms with E-state index in [-0.39, 0.29) is 0 Å². The maximum atomic E-state index is 11.1. The van der Waals surface area contributed by atoms with E-state index in [1.54, 1.807) is 6.92 Å². The normalized spacial score (nSPS) is 17.1. The molecule has 1 aliphatic carbocycles. The van der Waals surface area contributed by atoms with Gasteiger partial charge in [0.15, 0.2) is 0 Å². The van der Waals surface area contributed by atoms with Gasteiger partial charge in [-0.2, -0.15) is 0 Å². The maximum Gasteiger partial charge on any atom is 0.320 e. The molecule has 0 aliphatic heterocycles. The molecule has 1 aromatic carbocycles. The summed E-state index contributed by atoms with van der Waals surface area (Å²) >= 11 is 0. The van der Waals surface area contributed by atoms with Crippen molar-refractivity contribution in [1.29, 1.82) is 0 Å². The molecule has 0 amide bonds. The molecule has 17 heavy (non-hydrogen) atoms. The highest BCUT2D eigenvalue weighted by Gasteiger charge is 2.34. The van der Waals surface area contributed by atoms with Crippen LogP contribution < -0.4 is 5.73 Å². The lowest BCUT2D eigenvalue weighted by molar-refractivity contribution is -0.143. The fourth-order valence-corrected chi connectivity index (χ4v) is 2.03. The molecule has 0 bridgehead atoms. The third-order valence-corrected chi connectivity index (χ3v) is 3.19. The van der Waals surface area contributed by atoms with E-state index in [4.69, 9.17) is 10.8 Å². The summed E-state index contributed by atoms with van der Waals surface area (Å²) in [7, 11) is 0. The lowest BCUT2D eigenvalue weighted by Gasteiger charge is -2.26. The van der Waals surface area contributed by atoms with Crippen LogP contribution in [0.1, 0.15) is 25.3 Å². The minimum atomic E-state index is -0.763. The molecule has 0 spiro atoms. The molecule has 1 unspecified atom stereocenters. The van der Waals surface area contributed by atoms with Gasteiger partial charge in [-0.25, -0.2) is 0 Å². The van der Waals surface area contributed by atoms with Crippen LogP contribution in [-0.4, -0.2) is 28.1 Å². The Morgan fingerprint density at radius 1 is 1.59 bits per heavy atom. The Hall–Kier alpha value is -1.55. The predicted octanol–water partition coefficient (Wildman–Crippen LogP) is 1.71. The standard InChI is InChI=1S/C13H18N2O2/c1-9(13(16)17)15(12-5-6-12)8-10-3-2-4-11(14)7-10/h2-4,7,9,12H,5-6,8,14H2,1H3,(H,16,17). The van der Waals surface area contributed by atoms with Gasteiger partial charge in [-0.1, -0.05) is 12.1 Å². The molecule has 0 heterocycles. The molecule has 0 saturated heterocycles. The Bertz CT molecular complexity index is 416. The summed E-state index contributed by atoms with van der Waals surface area (Å²) in [5, 5.41) is 9.10. The van der Waals surface area contributed by atoms with E-state index in [0.717, 1.165) is 24.1 Å². The number of hydrogen-bond donors (Lipinski definition) is 2. The van der Waals surface area contributed by atoms with E-state index in [1.165, 1.54) is 0 Å². The number of nitrogens with zero attached hydrogens (tertiary/aromatic N) is 1. The van der Waals surface area contributed by atoms with Crippen molar-refractivity contribution >= 4 is 11.7 Å². The summed E-state index contributed by atoms with van der Waals surface area (Å²) in [4.78, 5) is 13.1. The SMILES string of the molecule is CC(C(=O)O)N(Cc1cccc(N)c1)C1CC1. The molecule has 4 heteroatoms. The van der Waals surface area contributed by atoms with Crippen molar-refractivity contribution in [1.82, 2.24) is 4.90 Å². The zero-order valence-corrected chi connectivity index (χ0v) is 9.97. The first-order chi connectivity index (χ1) is 8.08. The molecule has 92 valence electrons. The van der Waals surface area contributed by atoms with Crippen LogP contribution >= 0.6 is 0 Å². The van der Waals surface area contributed by atoms with Gasteiger partial charge in [-0.15, -0.1) is 0 Å². The van der Waals surface area contributed by atoms with Crippen molar-refractivity contribution in [3.63, 3.8) is 0 Å². The Morgan fingerprint density at radius 3 is 2.82 bits per heavy atom. The Morgan fingerprint density at radius 2 is 2.29 bits per heavy atom. The van der Waals surface area contributed by atoms with E-state index < -0.39 is 12.0 Å². The number of carbonyl (C=O) groups is 1. The fourth-order valence-electron chi connectivity index (χ4n) is 2.03. The van der Waals surface area contributed by atoms with Gasteiger partial charge in [-0.3, -0.25) is 9.69 Å². The molecular weight excluding hydrogens is 216 g/mol. The van der Waals surface area contributed by atoms with E-state index in [1.807, 2.05) is 29.2 Å². The van der Waals surface area contributed by atoms with Crippen molar-refractivity contribution in [2.24, 2.45) is 0 Å². The number of aliphatic carboxylic acids is 1. The van der Waals surface area contributed by atoms with Gasteiger partial charge >= 0.3 is 5.97 Å². The van der Waals surface area contributed by atoms with Crippen molar-refractivity contribution < 1.29 is 9.90 Å². The van der Waals surface area contributed by atoms with Gasteiger partial charge in [-0.05, 0) is 37.5 Å². The summed E-state index contributed by atoms with van der Waals surface area (Å²) in [6.45, 7) is 2.40. The molecule has 2 rings (SSSR count). The Labute approximate surface area is 101 Å². The van der Waals surface area contributed by atoms with E-state index in [0.29, 0.717) is 12.6 Å². The summed E-state index contributed by atoms with van der Waals surface area (Å²) < 4.78 is 0. The second-order valence-corrected chi connectivity index (χ2v) is 4.66. The molecule has 0 radical (unpaired) electrons. The number of hydrogen-bond acceptors (Lipinski definition) is 3. The summed E-state index contributed by atoms with van der Waals surface area (Å²) in [5.41, 5.74) is 7.52. The predicted molar refractivity (Wildman–Crippen MR) is 66.5 cm³/mol. The number of benzene rings is 1. The van der Waals surface area contributed by atoms with Crippen LogP contribution in [0, 0.1) is 0 Å². The Balaban J connectivity index is 2.10. The van der Waals surface area contributed by atoms with Crippen molar-refractivity contribution in [3.8, 4) is 0 Å². The quantitative estimate of drug-likeness (QED) is 0.761. The second kappa shape index (κ2) is 4.75. The first-order valence-corrected chi connectivity index (χ1v) is 5.91. The van der Waals surface area contributed by atoms with E-state index in [9.17, 15) is 4.79 Å². The van der Waals surface area contributed by atoms with Gasteiger partial charge in [0.25, 0.3) is 0 Å². The summed E-state index contributed by atoms with van der Waals surface area (Å²) in [6, 6.07) is 7.61. The molecule has 4 nitrogen and oxygen atoms in total. The van der Waals surface area contributed by atoms with E-state index >= 15 is 0 Å². The highest BCUT2D eigenvalue weighted by atomic mass is 16.4. The number of carboxylic acid groups (broad SMARTS) is 1. The number of carboxylic acids is 1.